The van der Waals surface area contributed by atoms with Crippen molar-refractivity contribution in [1.82, 2.24) is 10.6 Å². The molecule has 146 valence electrons. The highest BCUT2D eigenvalue weighted by Crippen LogP contribution is 2.10. The SMILES string of the molecule is CCNC(=NCc1ccc(NCCOC)cc1)NCCOc1ccccc1. The minimum atomic E-state index is 0.580. The number of hydrogen-bond donors (Lipinski definition) is 3. The number of nitrogens with one attached hydrogen (secondary N) is 3. The van der Waals surface area contributed by atoms with Crippen LogP contribution in [0.1, 0.15) is 12.5 Å². The molecule has 0 saturated heterocycles. The third kappa shape index (κ3) is 8.46. The molecule has 2 aromatic carbocycles. The number of benzene rings is 2. The van der Waals surface area contributed by atoms with Crippen molar-refractivity contribution < 1.29 is 9.47 Å². The van der Waals surface area contributed by atoms with Crippen LogP contribution in [0.4, 0.5) is 5.69 Å². The van der Waals surface area contributed by atoms with Crippen molar-refractivity contribution in [2.24, 2.45) is 4.99 Å². The molecular weight excluding hydrogens is 340 g/mol. The van der Waals surface area contributed by atoms with Crippen LogP contribution in [0.25, 0.3) is 0 Å². The zero-order valence-corrected chi connectivity index (χ0v) is 16.2. The molecule has 2 aromatic rings. The zero-order valence-electron chi connectivity index (χ0n) is 16.2. The highest BCUT2D eigenvalue weighted by atomic mass is 16.5. The third-order valence-corrected chi connectivity index (χ3v) is 3.76. The maximum atomic E-state index is 5.69. The van der Waals surface area contributed by atoms with Crippen LogP contribution in [0.5, 0.6) is 5.75 Å². The number of nitrogens with zero attached hydrogens (tertiary/aromatic N) is 1. The van der Waals surface area contributed by atoms with Crippen LogP contribution in [-0.4, -0.2) is 45.9 Å². The summed E-state index contributed by atoms with van der Waals surface area (Å²) in [5.41, 5.74) is 2.24. The summed E-state index contributed by atoms with van der Waals surface area (Å²) in [7, 11) is 1.70. The van der Waals surface area contributed by atoms with Gasteiger partial charge in [0.2, 0.25) is 0 Å². The summed E-state index contributed by atoms with van der Waals surface area (Å²) in [6.45, 7) is 6.24. The molecule has 0 aliphatic rings. The van der Waals surface area contributed by atoms with Crippen LogP contribution in [0.2, 0.25) is 0 Å². The Morgan fingerprint density at radius 1 is 0.926 bits per heavy atom. The summed E-state index contributed by atoms with van der Waals surface area (Å²) in [5, 5.41) is 9.86. The Labute approximate surface area is 162 Å². The van der Waals surface area contributed by atoms with Gasteiger partial charge in [-0.15, -0.1) is 0 Å². The van der Waals surface area contributed by atoms with Gasteiger partial charge in [-0.25, -0.2) is 4.99 Å². The van der Waals surface area contributed by atoms with Gasteiger partial charge in [-0.1, -0.05) is 30.3 Å². The number of methoxy groups -OCH3 is 1. The number of anilines is 1. The van der Waals surface area contributed by atoms with Crippen molar-refractivity contribution in [3.05, 3.63) is 60.2 Å². The summed E-state index contributed by atoms with van der Waals surface area (Å²) in [5.74, 6) is 1.66. The van der Waals surface area contributed by atoms with Crippen LogP contribution in [0, 0.1) is 0 Å². The minimum Gasteiger partial charge on any atom is -0.492 e. The average Bonchev–Trinajstić information content (AvgIpc) is 2.71. The molecule has 27 heavy (non-hydrogen) atoms. The number of aliphatic imine (C=N–C) groups is 1. The molecule has 0 unspecified atom stereocenters. The number of guanidine groups is 1. The first kappa shape index (κ1) is 20.6. The van der Waals surface area contributed by atoms with Crippen LogP contribution in [0.3, 0.4) is 0 Å². The standard InChI is InChI=1S/C21H30N4O2/c1-3-22-21(24-14-16-27-20-7-5-4-6-8-20)25-17-18-9-11-19(12-10-18)23-13-15-26-2/h4-12,23H,3,13-17H2,1-2H3,(H2,22,24,25). The Kier molecular flexibility index (Phi) is 9.60. The molecular formula is C21H30N4O2. The van der Waals surface area contributed by atoms with E-state index in [9.17, 15) is 0 Å². The molecule has 0 fully saturated rings. The zero-order chi connectivity index (χ0) is 19.2. The highest BCUT2D eigenvalue weighted by molar-refractivity contribution is 5.79. The summed E-state index contributed by atoms with van der Waals surface area (Å²) in [6, 6.07) is 18.1. The molecule has 2 rings (SSSR count). The van der Waals surface area contributed by atoms with E-state index < -0.39 is 0 Å². The second-order valence-corrected chi connectivity index (χ2v) is 5.90. The van der Waals surface area contributed by atoms with Crippen molar-refractivity contribution in [2.45, 2.75) is 13.5 Å². The lowest BCUT2D eigenvalue weighted by molar-refractivity contribution is 0.211. The van der Waals surface area contributed by atoms with E-state index >= 15 is 0 Å². The Balaban J connectivity index is 1.76. The van der Waals surface area contributed by atoms with E-state index in [0.717, 1.165) is 36.0 Å². The fourth-order valence-corrected chi connectivity index (χ4v) is 2.39. The third-order valence-electron chi connectivity index (χ3n) is 3.76. The Hall–Kier alpha value is -2.73. The summed E-state index contributed by atoms with van der Waals surface area (Å²) in [4.78, 5) is 4.63. The molecule has 0 aromatic heterocycles. The first-order chi connectivity index (χ1) is 13.3. The predicted octanol–water partition coefficient (Wildman–Crippen LogP) is 2.88. The summed E-state index contributed by atoms with van der Waals surface area (Å²) < 4.78 is 10.7. The van der Waals surface area contributed by atoms with Gasteiger partial charge in [-0.3, -0.25) is 0 Å². The molecule has 6 heteroatoms. The lowest BCUT2D eigenvalue weighted by atomic mass is 10.2. The maximum absolute atomic E-state index is 5.69. The van der Waals surface area contributed by atoms with E-state index in [-0.39, 0.29) is 0 Å². The van der Waals surface area contributed by atoms with E-state index in [1.54, 1.807) is 7.11 Å². The quantitative estimate of drug-likeness (QED) is 0.322. The monoisotopic (exact) mass is 370 g/mol. The van der Waals surface area contributed by atoms with Gasteiger partial charge >= 0.3 is 0 Å². The number of rotatable bonds is 11. The van der Waals surface area contributed by atoms with Gasteiger partial charge in [0.05, 0.1) is 19.7 Å². The molecule has 6 nitrogen and oxygen atoms in total. The number of para-hydroxylation sites is 1. The molecule has 0 atom stereocenters. The van der Waals surface area contributed by atoms with Crippen LogP contribution < -0.4 is 20.7 Å². The van der Waals surface area contributed by atoms with E-state index in [1.165, 1.54) is 0 Å². The van der Waals surface area contributed by atoms with Crippen molar-refractivity contribution in [3.63, 3.8) is 0 Å². The second-order valence-electron chi connectivity index (χ2n) is 5.90. The fourth-order valence-electron chi connectivity index (χ4n) is 2.39. The first-order valence-corrected chi connectivity index (χ1v) is 9.33. The van der Waals surface area contributed by atoms with E-state index in [1.807, 2.05) is 30.3 Å². The van der Waals surface area contributed by atoms with Gasteiger partial charge in [0.25, 0.3) is 0 Å². The maximum Gasteiger partial charge on any atom is 0.191 e. The lowest BCUT2D eigenvalue weighted by Gasteiger charge is -2.12. The van der Waals surface area contributed by atoms with Gasteiger partial charge < -0.3 is 25.4 Å². The number of hydrogen-bond acceptors (Lipinski definition) is 4. The molecule has 3 N–H and O–H groups in total. The molecule has 0 spiro atoms. The van der Waals surface area contributed by atoms with Crippen molar-refractivity contribution >= 4 is 11.6 Å². The topological polar surface area (TPSA) is 66.9 Å². The lowest BCUT2D eigenvalue weighted by Crippen LogP contribution is -2.39. The van der Waals surface area contributed by atoms with Gasteiger partial charge in [0.15, 0.2) is 5.96 Å². The smallest absolute Gasteiger partial charge is 0.191 e. The summed E-state index contributed by atoms with van der Waals surface area (Å²) in [6.07, 6.45) is 0. The van der Waals surface area contributed by atoms with Crippen molar-refractivity contribution in [1.29, 1.82) is 0 Å². The van der Waals surface area contributed by atoms with E-state index in [4.69, 9.17) is 9.47 Å². The Bertz CT molecular complexity index is 660. The van der Waals surface area contributed by atoms with Gasteiger partial charge in [-0.2, -0.15) is 0 Å². The van der Waals surface area contributed by atoms with E-state index in [0.29, 0.717) is 26.3 Å². The number of ether oxygens (including phenoxy) is 2. The molecule has 0 amide bonds. The van der Waals surface area contributed by atoms with Gasteiger partial charge in [-0.05, 0) is 36.8 Å². The normalized spacial score (nSPS) is 11.1. The van der Waals surface area contributed by atoms with Crippen LogP contribution in [0.15, 0.2) is 59.6 Å². The Morgan fingerprint density at radius 2 is 1.70 bits per heavy atom. The van der Waals surface area contributed by atoms with Crippen LogP contribution in [-0.2, 0) is 11.3 Å². The second kappa shape index (κ2) is 12.6. The van der Waals surface area contributed by atoms with Crippen molar-refractivity contribution in [2.75, 3.05) is 45.3 Å². The first-order valence-electron chi connectivity index (χ1n) is 9.33. The Morgan fingerprint density at radius 3 is 2.41 bits per heavy atom. The largest absolute Gasteiger partial charge is 0.492 e. The molecule has 0 bridgehead atoms. The summed E-state index contributed by atoms with van der Waals surface area (Å²) >= 11 is 0. The molecule has 0 saturated carbocycles. The molecule has 0 radical (unpaired) electrons. The van der Waals surface area contributed by atoms with Crippen LogP contribution >= 0.6 is 0 Å². The van der Waals surface area contributed by atoms with Gasteiger partial charge in [0, 0.05) is 25.9 Å². The predicted molar refractivity (Wildman–Crippen MR) is 112 cm³/mol. The van der Waals surface area contributed by atoms with E-state index in [2.05, 4.69) is 52.1 Å². The highest BCUT2D eigenvalue weighted by Gasteiger charge is 1.99. The fraction of sp³-hybridized carbons (Fsp3) is 0.381. The average molecular weight is 370 g/mol. The molecule has 0 heterocycles. The van der Waals surface area contributed by atoms with Gasteiger partial charge in [0.1, 0.15) is 12.4 Å². The molecule has 0 aliphatic carbocycles. The molecule has 0 aliphatic heterocycles. The minimum absolute atomic E-state index is 0.580. The van der Waals surface area contributed by atoms with Crippen molar-refractivity contribution in [3.8, 4) is 5.75 Å².